The van der Waals surface area contributed by atoms with Crippen LogP contribution in [-0.4, -0.2) is 46.9 Å². The van der Waals surface area contributed by atoms with E-state index in [0.29, 0.717) is 37.7 Å². The smallest absolute Gasteiger partial charge is 0.173 e. The molecule has 0 bridgehead atoms. The predicted molar refractivity (Wildman–Crippen MR) is 149 cm³/mol. The average Bonchev–Trinajstić information content (AvgIpc) is 2.85. The van der Waals surface area contributed by atoms with Gasteiger partial charge < -0.3 is 20.6 Å². The Balaban J connectivity index is 3.09. The lowest BCUT2D eigenvalue weighted by molar-refractivity contribution is -0.0350. The van der Waals surface area contributed by atoms with Crippen molar-refractivity contribution in [1.29, 1.82) is 0 Å². The van der Waals surface area contributed by atoms with E-state index in [1.165, 1.54) is 24.6 Å². The van der Waals surface area contributed by atoms with Crippen LogP contribution in [0.25, 0.3) is 0 Å². The molecular formula is C31H47F2NO3. The van der Waals surface area contributed by atoms with Crippen LogP contribution in [0, 0.1) is 11.8 Å². The largest absolute Gasteiger partial charge is 0.393 e. The number of nitrogens with one attached hydrogen (secondary N) is 1. The van der Waals surface area contributed by atoms with Gasteiger partial charge in [-0.1, -0.05) is 70.4 Å². The van der Waals surface area contributed by atoms with E-state index in [4.69, 9.17) is 0 Å². The summed E-state index contributed by atoms with van der Waals surface area (Å²) in [7, 11) is 0. The summed E-state index contributed by atoms with van der Waals surface area (Å²) in [5.74, 6) is 4.15. The summed E-state index contributed by atoms with van der Waals surface area (Å²) in [6.45, 7) is 11.2. The Morgan fingerprint density at radius 1 is 1.14 bits per heavy atom. The molecule has 3 atom stereocenters. The summed E-state index contributed by atoms with van der Waals surface area (Å²) in [6.07, 6.45) is 4.56. The molecule has 0 aliphatic heterocycles. The van der Waals surface area contributed by atoms with Crippen LogP contribution in [0.15, 0.2) is 47.8 Å². The first-order valence-corrected chi connectivity index (χ1v) is 13.2. The zero-order valence-electron chi connectivity index (χ0n) is 23.5. The third-order valence-corrected chi connectivity index (χ3v) is 6.86. The Labute approximate surface area is 222 Å². The Hall–Kier alpha value is -2.04. The van der Waals surface area contributed by atoms with Crippen molar-refractivity contribution >= 4 is 0 Å². The maximum Gasteiger partial charge on any atom is 0.173 e. The topological polar surface area (TPSA) is 72.7 Å². The summed E-state index contributed by atoms with van der Waals surface area (Å²) >= 11 is 0. The van der Waals surface area contributed by atoms with Gasteiger partial charge in [0.25, 0.3) is 0 Å². The van der Waals surface area contributed by atoms with Gasteiger partial charge in [-0.05, 0) is 80.1 Å². The molecule has 0 radical (unpaired) electrons. The Bertz CT molecular complexity index is 957. The van der Waals surface area contributed by atoms with Crippen LogP contribution in [0.4, 0.5) is 8.78 Å². The van der Waals surface area contributed by atoms with Gasteiger partial charge in [0, 0.05) is 12.1 Å². The average molecular weight is 520 g/mol. The van der Waals surface area contributed by atoms with Crippen LogP contribution in [0.1, 0.15) is 91.2 Å². The molecule has 0 aromatic heterocycles. The fraction of sp³-hybridized carbons (Fsp3) is 0.613. The SMILES string of the molecule is CC#C/C(F)=C\C(=C/CF)CCC(O)CNC(C)(CCC(O)(CO)CCC)c1cccc(C(C)(C)C)c1. The minimum absolute atomic E-state index is 0.0470. The van der Waals surface area contributed by atoms with Crippen molar-refractivity contribution in [3.63, 3.8) is 0 Å². The molecule has 0 aliphatic rings. The second kappa shape index (κ2) is 15.4. The quantitative estimate of drug-likeness (QED) is 0.169. The van der Waals surface area contributed by atoms with Crippen molar-refractivity contribution in [2.24, 2.45) is 0 Å². The normalized spacial score (nSPS) is 16.9. The lowest BCUT2D eigenvalue weighted by Crippen LogP contribution is -2.46. The van der Waals surface area contributed by atoms with Crippen LogP contribution in [0.5, 0.6) is 0 Å². The number of alkyl halides is 1. The second-order valence-electron chi connectivity index (χ2n) is 11.2. The lowest BCUT2D eigenvalue weighted by atomic mass is 9.79. The Kier molecular flexibility index (Phi) is 13.7. The Morgan fingerprint density at radius 2 is 1.81 bits per heavy atom. The molecule has 4 N–H and O–H groups in total. The summed E-state index contributed by atoms with van der Waals surface area (Å²) in [5.41, 5.74) is 0.866. The number of benzene rings is 1. The number of hydrogen-bond donors (Lipinski definition) is 4. The molecule has 6 heteroatoms. The monoisotopic (exact) mass is 519 g/mol. The molecule has 208 valence electrons. The zero-order chi connectivity index (χ0) is 28.1. The van der Waals surface area contributed by atoms with E-state index in [1.807, 2.05) is 26.0 Å². The van der Waals surface area contributed by atoms with E-state index in [9.17, 15) is 24.1 Å². The van der Waals surface area contributed by atoms with Gasteiger partial charge in [-0.15, -0.1) is 0 Å². The third-order valence-electron chi connectivity index (χ3n) is 6.86. The first-order valence-electron chi connectivity index (χ1n) is 13.2. The summed E-state index contributed by atoms with van der Waals surface area (Å²) < 4.78 is 26.7. The summed E-state index contributed by atoms with van der Waals surface area (Å²) in [5, 5.41) is 35.0. The van der Waals surface area contributed by atoms with Crippen LogP contribution >= 0.6 is 0 Å². The molecule has 0 saturated heterocycles. The number of rotatable bonds is 15. The van der Waals surface area contributed by atoms with Crippen molar-refractivity contribution in [3.05, 3.63) is 58.9 Å². The predicted octanol–water partition coefficient (Wildman–Crippen LogP) is 6.01. The number of halogens is 2. The van der Waals surface area contributed by atoms with Crippen LogP contribution in [0.3, 0.4) is 0 Å². The van der Waals surface area contributed by atoms with Gasteiger partial charge in [0.15, 0.2) is 5.83 Å². The Morgan fingerprint density at radius 3 is 2.38 bits per heavy atom. The van der Waals surface area contributed by atoms with Gasteiger partial charge in [-0.2, -0.15) is 4.39 Å². The molecule has 1 rings (SSSR count). The van der Waals surface area contributed by atoms with Crippen LogP contribution in [0.2, 0.25) is 0 Å². The molecule has 0 aliphatic carbocycles. The van der Waals surface area contributed by atoms with Gasteiger partial charge in [0.1, 0.15) is 6.67 Å². The number of aliphatic hydroxyl groups excluding tert-OH is 2. The first kappa shape index (κ1) is 33.0. The van der Waals surface area contributed by atoms with E-state index in [-0.39, 0.29) is 18.6 Å². The molecule has 3 unspecified atom stereocenters. The standard InChI is InChI=1S/C31H47F2NO3/c1-7-10-27(33)20-24(15-19-32)13-14-28(36)22-34-30(6,17-18-31(37,23-35)16-8-2)26-12-9-11-25(21-26)29(3,4)5/h9,11-12,15,20-21,28,34-37H,8,13-14,16-19,22-23H2,1-6H3/b24-15-,27-20+. The van der Waals surface area contributed by atoms with Gasteiger partial charge in [0.05, 0.1) is 18.3 Å². The fourth-order valence-corrected chi connectivity index (χ4v) is 4.32. The van der Waals surface area contributed by atoms with Crippen molar-refractivity contribution in [1.82, 2.24) is 5.32 Å². The fourth-order valence-electron chi connectivity index (χ4n) is 4.32. The minimum Gasteiger partial charge on any atom is -0.393 e. The number of allylic oxidation sites excluding steroid dienone is 4. The molecular weight excluding hydrogens is 472 g/mol. The lowest BCUT2D eigenvalue weighted by Gasteiger charge is -2.37. The highest BCUT2D eigenvalue weighted by Crippen LogP contribution is 2.33. The van der Waals surface area contributed by atoms with E-state index in [1.54, 1.807) is 0 Å². The molecule has 0 spiro atoms. The van der Waals surface area contributed by atoms with E-state index >= 15 is 0 Å². The van der Waals surface area contributed by atoms with Crippen molar-refractivity contribution in [2.45, 2.75) is 103 Å². The molecule has 0 heterocycles. The first-order chi connectivity index (χ1) is 17.3. The summed E-state index contributed by atoms with van der Waals surface area (Å²) in [6, 6.07) is 8.30. The van der Waals surface area contributed by atoms with Crippen molar-refractivity contribution in [3.8, 4) is 11.8 Å². The molecule has 1 aromatic carbocycles. The molecule has 0 amide bonds. The van der Waals surface area contributed by atoms with E-state index < -0.39 is 29.7 Å². The third kappa shape index (κ3) is 11.5. The van der Waals surface area contributed by atoms with Gasteiger partial charge in [-0.3, -0.25) is 0 Å². The van der Waals surface area contributed by atoms with E-state index in [0.717, 1.165) is 12.0 Å². The highest BCUT2D eigenvalue weighted by Gasteiger charge is 2.33. The van der Waals surface area contributed by atoms with Crippen LogP contribution < -0.4 is 5.32 Å². The van der Waals surface area contributed by atoms with Crippen molar-refractivity contribution < 1.29 is 24.1 Å². The highest BCUT2D eigenvalue weighted by molar-refractivity contribution is 5.33. The van der Waals surface area contributed by atoms with Gasteiger partial charge >= 0.3 is 0 Å². The maximum atomic E-state index is 13.8. The molecule has 0 fully saturated rings. The van der Waals surface area contributed by atoms with Crippen molar-refractivity contribution in [2.75, 3.05) is 19.8 Å². The molecule has 1 aromatic rings. The van der Waals surface area contributed by atoms with Gasteiger partial charge in [-0.25, -0.2) is 4.39 Å². The maximum absolute atomic E-state index is 13.8. The second-order valence-corrected chi connectivity index (χ2v) is 11.2. The zero-order valence-corrected chi connectivity index (χ0v) is 23.5. The number of aliphatic hydroxyl groups is 3. The molecule has 4 nitrogen and oxygen atoms in total. The van der Waals surface area contributed by atoms with Crippen LogP contribution in [-0.2, 0) is 11.0 Å². The highest BCUT2D eigenvalue weighted by atomic mass is 19.1. The summed E-state index contributed by atoms with van der Waals surface area (Å²) in [4.78, 5) is 0. The van der Waals surface area contributed by atoms with Gasteiger partial charge in [0.2, 0.25) is 0 Å². The minimum atomic E-state index is -1.16. The molecule has 37 heavy (non-hydrogen) atoms. The number of hydrogen-bond acceptors (Lipinski definition) is 4. The molecule has 0 saturated carbocycles. The van der Waals surface area contributed by atoms with E-state index in [2.05, 4.69) is 50.1 Å².